The lowest BCUT2D eigenvalue weighted by Gasteiger charge is -2.40. The summed E-state index contributed by atoms with van der Waals surface area (Å²) in [7, 11) is 1.45. The Kier molecular flexibility index (Phi) is 4.89. The van der Waals surface area contributed by atoms with E-state index < -0.39 is 42.5 Å². The van der Waals surface area contributed by atoms with Gasteiger partial charge in [0.25, 0.3) is 0 Å². The maximum absolute atomic E-state index is 12.4. The van der Waals surface area contributed by atoms with Crippen molar-refractivity contribution in [1.29, 1.82) is 0 Å². The minimum Gasteiger partial charge on any atom is -0.450 e. The zero-order chi connectivity index (χ0) is 17.3. The van der Waals surface area contributed by atoms with Crippen molar-refractivity contribution in [1.82, 2.24) is 0 Å². The molecule has 1 aromatic rings. The van der Waals surface area contributed by atoms with Gasteiger partial charge in [0.15, 0.2) is 18.2 Å². The van der Waals surface area contributed by atoms with Crippen molar-refractivity contribution >= 4 is 5.97 Å². The third-order valence-corrected chi connectivity index (χ3v) is 4.10. The van der Waals surface area contributed by atoms with Crippen LogP contribution in [0, 0.1) is 0 Å². The molecule has 0 aromatic heterocycles. The van der Waals surface area contributed by atoms with Gasteiger partial charge in [-0.3, -0.25) is 0 Å². The molecule has 0 bridgehead atoms. The Bertz CT molecular complexity index is 574. The lowest BCUT2D eigenvalue weighted by atomic mass is 9.99. The number of fused-ring (bicyclic) bond motifs is 1. The maximum atomic E-state index is 12.4. The first-order valence-corrected chi connectivity index (χ1v) is 7.86. The molecule has 7 nitrogen and oxygen atoms in total. The zero-order valence-electron chi connectivity index (χ0n) is 13.9. The largest absolute Gasteiger partial charge is 0.450 e. The number of benzene rings is 1. The van der Waals surface area contributed by atoms with Crippen LogP contribution in [0.2, 0.25) is 0 Å². The molecule has 132 valence electrons. The van der Waals surface area contributed by atoms with Gasteiger partial charge < -0.3 is 28.8 Å². The van der Waals surface area contributed by atoms with Crippen LogP contribution in [0.4, 0.5) is 0 Å². The lowest BCUT2D eigenvalue weighted by Crippen LogP contribution is -2.59. The van der Waals surface area contributed by atoms with E-state index in [1.54, 1.807) is 38.1 Å². The van der Waals surface area contributed by atoms with Gasteiger partial charge in [-0.1, -0.05) is 18.2 Å². The topological polar surface area (TPSA) is 83.5 Å². The first-order chi connectivity index (χ1) is 11.4. The van der Waals surface area contributed by atoms with E-state index in [0.717, 1.165) is 0 Å². The van der Waals surface area contributed by atoms with Gasteiger partial charge >= 0.3 is 5.97 Å². The smallest absolute Gasteiger partial charge is 0.338 e. The van der Waals surface area contributed by atoms with Crippen LogP contribution in [0.3, 0.4) is 0 Å². The van der Waals surface area contributed by atoms with E-state index >= 15 is 0 Å². The molecule has 5 atom stereocenters. The quantitative estimate of drug-likeness (QED) is 0.823. The molecular weight excluding hydrogens is 316 g/mol. The second-order valence-electron chi connectivity index (χ2n) is 6.26. The fraction of sp³-hybridized carbons (Fsp3) is 0.588. The summed E-state index contributed by atoms with van der Waals surface area (Å²) in [4.78, 5) is 12.4. The van der Waals surface area contributed by atoms with Crippen molar-refractivity contribution in [2.24, 2.45) is 0 Å². The summed E-state index contributed by atoms with van der Waals surface area (Å²) >= 11 is 0. The highest BCUT2D eigenvalue weighted by atomic mass is 16.8. The summed E-state index contributed by atoms with van der Waals surface area (Å²) in [5.41, 5.74) is 0.423. The summed E-state index contributed by atoms with van der Waals surface area (Å²) in [6.07, 6.45) is -3.42. The molecule has 0 unspecified atom stereocenters. The summed E-state index contributed by atoms with van der Waals surface area (Å²) in [6.45, 7) is 3.27. The second-order valence-corrected chi connectivity index (χ2v) is 6.26. The number of methoxy groups -OCH3 is 1. The van der Waals surface area contributed by atoms with Crippen molar-refractivity contribution < 1.29 is 33.6 Å². The standard InChI is InChI=1S/C17H22O7/c1-17(2)23-12-11(9-18)21-16(20-3)14(13(12)24-17)22-15(19)10-7-5-4-6-8-10/h4-8,11-14,16,18H,9H2,1-3H3/t11-,12+,13-,14+,16-/m1/s1. The lowest BCUT2D eigenvalue weighted by molar-refractivity contribution is -0.273. The molecule has 3 rings (SSSR count). The summed E-state index contributed by atoms with van der Waals surface area (Å²) in [5.74, 6) is -1.37. The van der Waals surface area contributed by atoms with Crippen LogP contribution in [0.25, 0.3) is 0 Å². The second kappa shape index (κ2) is 6.78. The maximum Gasteiger partial charge on any atom is 0.338 e. The third kappa shape index (κ3) is 3.31. The molecule has 1 aromatic carbocycles. The van der Waals surface area contributed by atoms with Crippen LogP contribution in [-0.2, 0) is 23.7 Å². The Morgan fingerprint density at radius 2 is 1.88 bits per heavy atom. The molecule has 0 amide bonds. The van der Waals surface area contributed by atoms with Gasteiger partial charge in [-0.2, -0.15) is 0 Å². The van der Waals surface area contributed by atoms with Crippen molar-refractivity contribution in [3.8, 4) is 0 Å². The number of rotatable bonds is 4. The Morgan fingerprint density at radius 1 is 1.21 bits per heavy atom. The van der Waals surface area contributed by atoms with E-state index in [4.69, 9.17) is 23.7 Å². The van der Waals surface area contributed by atoms with Crippen LogP contribution in [0.5, 0.6) is 0 Å². The number of carbonyl (C=O) groups excluding carboxylic acids is 1. The van der Waals surface area contributed by atoms with E-state index in [2.05, 4.69) is 0 Å². The van der Waals surface area contributed by atoms with Gasteiger partial charge in [-0.05, 0) is 26.0 Å². The van der Waals surface area contributed by atoms with Crippen molar-refractivity contribution in [2.45, 2.75) is 50.3 Å². The highest BCUT2D eigenvalue weighted by Crippen LogP contribution is 2.38. The van der Waals surface area contributed by atoms with Crippen LogP contribution in [-0.4, -0.2) is 61.3 Å². The van der Waals surface area contributed by atoms with Gasteiger partial charge in [0.05, 0.1) is 12.2 Å². The average molecular weight is 338 g/mol. The van der Waals surface area contributed by atoms with E-state index in [1.165, 1.54) is 7.11 Å². The minimum atomic E-state index is -0.869. The third-order valence-electron chi connectivity index (χ3n) is 4.10. The van der Waals surface area contributed by atoms with E-state index in [-0.39, 0.29) is 6.61 Å². The molecule has 2 aliphatic rings. The fourth-order valence-electron chi connectivity index (χ4n) is 3.07. The molecule has 0 spiro atoms. The van der Waals surface area contributed by atoms with Crippen LogP contribution >= 0.6 is 0 Å². The van der Waals surface area contributed by atoms with E-state index in [1.807, 2.05) is 6.07 Å². The van der Waals surface area contributed by atoms with Crippen molar-refractivity contribution in [2.75, 3.05) is 13.7 Å². The first-order valence-electron chi connectivity index (χ1n) is 7.86. The van der Waals surface area contributed by atoms with Crippen molar-refractivity contribution in [3.63, 3.8) is 0 Å². The Balaban J connectivity index is 1.83. The summed E-state index contributed by atoms with van der Waals surface area (Å²) in [6, 6.07) is 8.65. The minimum absolute atomic E-state index is 0.250. The van der Waals surface area contributed by atoms with Crippen molar-refractivity contribution in [3.05, 3.63) is 35.9 Å². The molecule has 1 N–H and O–H groups in total. The molecular formula is C17H22O7. The molecule has 0 radical (unpaired) electrons. The van der Waals surface area contributed by atoms with E-state index in [9.17, 15) is 9.90 Å². The first kappa shape index (κ1) is 17.3. The monoisotopic (exact) mass is 338 g/mol. The Labute approximate surface area is 140 Å². The molecule has 0 aliphatic carbocycles. The highest BCUT2D eigenvalue weighted by Gasteiger charge is 2.56. The summed E-state index contributed by atoms with van der Waals surface area (Å²) < 4.78 is 28.3. The number of hydrogen-bond donors (Lipinski definition) is 1. The fourth-order valence-corrected chi connectivity index (χ4v) is 3.07. The number of ether oxygens (including phenoxy) is 5. The number of esters is 1. The molecule has 2 saturated heterocycles. The molecule has 2 aliphatic heterocycles. The Morgan fingerprint density at radius 3 is 2.50 bits per heavy atom. The normalized spacial score (nSPS) is 34.6. The van der Waals surface area contributed by atoms with Gasteiger partial charge in [0.1, 0.15) is 18.3 Å². The average Bonchev–Trinajstić information content (AvgIpc) is 2.91. The number of carbonyl (C=O) groups is 1. The molecule has 7 heteroatoms. The predicted octanol–water partition coefficient (Wildman–Crippen LogP) is 1.10. The van der Waals surface area contributed by atoms with Gasteiger partial charge in [-0.15, -0.1) is 0 Å². The molecule has 2 heterocycles. The molecule has 2 fully saturated rings. The van der Waals surface area contributed by atoms with Gasteiger partial charge in [-0.25, -0.2) is 4.79 Å². The highest BCUT2D eigenvalue weighted by molar-refractivity contribution is 5.89. The van der Waals surface area contributed by atoms with Crippen LogP contribution in [0.1, 0.15) is 24.2 Å². The van der Waals surface area contributed by atoms with E-state index in [0.29, 0.717) is 5.56 Å². The molecule has 24 heavy (non-hydrogen) atoms. The van der Waals surface area contributed by atoms with Gasteiger partial charge in [0, 0.05) is 7.11 Å². The number of hydrogen-bond acceptors (Lipinski definition) is 7. The predicted molar refractivity (Wildman–Crippen MR) is 82.2 cm³/mol. The SMILES string of the molecule is CO[C@@H]1O[C@H](CO)[C@@H]2OC(C)(C)O[C@H]2[C@@H]1OC(=O)c1ccccc1. The summed E-state index contributed by atoms with van der Waals surface area (Å²) in [5, 5.41) is 9.54. The number of aliphatic hydroxyl groups excluding tert-OH is 1. The Hall–Kier alpha value is -1.51. The van der Waals surface area contributed by atoms with Crippen LogP contribution in [0.15, 0.2) is 30.3 Å². The molecule has 0 saturated carbocycles. The van der Waals surface area contributed by atoms with Gasteiger partial charge in [0.2, 0.25) is 0 Å². The van der Waals surface area contributed by atoms with Crippen LogP contribution < -0.4 is 0 Å². The zero-order valence-corrected chi connectivity index (χ0v) is 13.9. The number of aliphatic hydroxyl groups is 1.